The Hall–Kier alpha value is -1.64. The lowest BCUT2D eigenvalue weighted by Gasteiger charge is -2.22. The average molecular weight is 459 g/mol. The van der Waals surface area contributed by atoms with Crippen LogP contribution in [0.5, 0.6) is 0 Å². The van der Waals surface area contributed by atoms with Crippen molar-refractivity contribution < 1.29 is 17.9 Å². The van der Waals surface area contributed by atoms with Crippen molar-refractivity contribution >= 4 is 39.1 Å². The van der Waals surface area contributed by atoms with E-state index in [1.807, 2.05) is 6.92 Å². The summed E-state index contributed by atoms with van der Waals surface area (Å²) in [7, 11) is -2.34. The predicted octanol–water partition coefficient (Wildman–Crippen LogP) is 3.65. The van der Waals surface area contributed by atoms with Gasteiger partial charge in [0.1, 0.15) is 0 Å². The molecule has 2 aromatic rings. The zero-order chi connectivity index (χ0) is 21.4. The maximum atomic E-state index is 13.2. The molecule has 0 saturated carbocycles. The second-order valence-electron chi connectivity index (χ2n) is 6.52. The number of carbonyl (C=O) groups excluding carboxylic acids is 1. The molecule has 1 N–H and O–H groups in total. The average Bonchev–Trinajstić information content (AvgIpc) is 2.67. The van der Waals surface area contributed by atoms with Crippen LogP contribution in [0.1, 0.15) is 17.5 Å². The van der Waals surface area contributed by atoms with Gasteiger partial charge in [0.15, 0.2) is 0 Å². The molecule has 0 bridgehead atoms. The molecule has 0 heterocycles. The van der Waals surface area contributed by atoms with Crippen molar-refractivity contribution in [3.05, 3.63) is 63.6 Å². The van der Waals surface area contributed by atoms with E-state index in [2.05, 4.69) is 5.32 Å². The van der Waals surface area contributed by atoms with Gasteiger partial charge < -0.3 is 10.1 Å². The van der Waals surface area contributed by atoms with E-state index < -0.39 is 15.9 Å². The van der Waals surface area contributed by atoms with E-state index >= 15 is 0 Å². The fraction of sp³-hybridized carbons (Fsp3) is 0.350. The Morgan fingerprint density at radius 1 is 1.14 bits per heavy atom. The number of sulfonamides is 1. The molecule has 0 spiro atoms. The summed E-state index contributed by atoms with van der Waals surface area (Å²) in [6.45, 7) is 2.38. The smallest absolute Gasteiger partial charge is 0.243 e. The molecule has 0 radical (unpaired) electrons. The van der Waals surface area contributed by atoms with Crippen LogP contribution in [0, 0.1) is 6.92 Å². The van der Waals surface area contributed by atoms with E-state index in [9.17, 15) is 13.2 Å². The molecule has 0 fully saturated rings. The van der Waals surface area contributed by atoms with Gasteiger partial charge in [-0.05, 0) is 43.2 Å². The molecule has 0 atom stereocenters. The maximum absolute atomic E-state index is 13.2. The summed E-state index contributed by atoms with van der Waals surface area (Å²) in [5.74, 6) is -0.401. The van der Waals surface area contributed by atoms with Gasteiger partial charge in [-0.15, -0.1) is 0 Å². The SMILES string of the molecule is COCCCNC(=O)CN(Cc1ccc(Cl)cc1Cl)S(=O)(=O)c1ccc(C)cc1. The van der Waals surface area contributed by atoms with Crippen LogP contribution < -0.4 is 5.32 Å². The highest BCUT2D eigenvalue weighted by Gasteiger charge is 2.27. The summed E-state index contributed by atoms with van der Waals surface area (Å²) in [4.78, 5) is 12.5. The van der Waals surface area contributed by atoms with Gasteiger partial charge in [-0.2, -0.15) is 4.31 Å². The minimum atomic E-state index is -3.92. The summed E-state index contributed by atoms with van der Waals surface area (Å²) in [6, 6.07) is 11.3. The Balaban J connectivity index is 2.26. The fourth-order valence-electron chi connectivity index (χ4n) is 2.59. The fourth-order valence-corrected chi connectivity index (χ4v) is 4.43. The van der Waals surface area contributed by atoms with Crippen LogP contribution >= 0.6 is 23.2 Å². The highest BCUT2D eigenvalue weighted by Crippen LogP contribution is 2.25. The highest BCUT2D eigenvalue weighted by atomic mass is 35.5. The molecule has 0 saturated heterocycles. The monoisotopic (exact) mass is 458 g/mol. The summed E-state index contributed by atoms with van der Waals surface area (Å²) in [5.41, 5.74) is 1.49. The van der Waals surface area contributed by atoms with Crippen molar-refractivity contribution in [1.29, 1.82) is 0 Å². The Bertz CT molecular complexity index is 934. The molecule has 0 aromatic heterocycles. The van der Waals surface area contributed by atoms with Gasteiger partial charge in [0.25, 0.3) is 0 Å². The molecular weight excluding hydrogens is 435 g/mol. The minimum Gasteiger partial charge on any atom is -0.385 e. The summed E-state index contributed by atoms with van der Waals surface area (Å²) >= 11 is 12.2. The molecule has 2 aromatic carbocycles. The molecule has 6 nitrogen and oxygen atoms in total. The number of carbonyl (C=O) groups is 1. The molecular formula is C20H24Cl2N2O4S. The highest BCUT2D eigenvalue weighted by molar-refractivity contribution is 7.89. The largest absolute Gasteiger partial charge is 0.385 e. The Morgan fingerprint density at radius 2 is 1.83 bits per heavy atom. The van der Waals surface area contributed by atoms with Crippen LogP contribution in [-0.2, 0) is 26.1 Å². The van der Waals surface area contributed by atoms with E-state index in [0.29, 0.717) is 35.2 Å². The van der Waals surface area contributed by atoms with Gasteiger partial charge in [-0.3, -0.25) is 4.79 Å². The van der Waals surface area contributed by atoms with E-state index in [-0.39, 0.29) is 18.0 Å². The zero-order valence-electron chi connectivity index (χ0n) is 16.3. The van der Waals surface area contributed by atoms with Crippen molar-refractivity contribution in [2.24, 2.45) is 0 Å². The van der Waals surface area contributed by atoms with Gasteiger partial charge in [0, 0.05) is 36.9 Å². The zero-order valence-corrected chi connectivity index (χ0v) is 18.6. The number of rotatable bonds is 10. The number of hydrogen-bond acceptors (Lipinski definition) is 4. The van der Waals surface area contributed by atoms with Gasteiger partial charge in [-0.25, -0.2) is 8.42 Å². The molecule has 1 amide bonds. The molecule has 29 heavy (non-hydrogen) atoms. The summed E-state index contributed by atoms with van der Waals surface area (Å²) in [6.07, 6.45) is 0.635. The number of methoxy groups -OCH3 is 1. The Labute approximate surface area is 181 Å². The number of amides is 1. The van der Waals surface area contributed by atoms with Crippen LogP contribution in [0.4, 0.5) is 0 Å². The number of hydrogen-bond donors (Lipinski definition) is 1. The molecule has 0 aliphatic carbocycles. The van der Waals surface area contributed by atoms with Gasteiger partial charge >= 0.3 is 0 Å². The van der Waals surface area contributed by atoms with E-state index in [4.69, 9.17) is 27.9 Å². The molecule has 0 aliphatic heterocycles. The lowest BCUT2D eigenvalue weighted by Crippen LogP contribution is -2.40. The molecule has 0 unspecified atom stereocenters. The lowest BCUT2D eigenvalue weighted by molar-refractivity contribution is -0.121. The first-order valence-corrected chi connectivity index (χ1v) is 11.2. The number of aryl methyl sites for hydroxylation is 1. The maximum Gasteiger partial charge on any atom is 0.243 e. The van der Waals surface area contributed by atoms with Crippen molar-refractivity contribution in [2.45, 2.75) is 24.8 Å². The van der Waals surface area contributed by atoms with E-state index in [1.165, 1.54) is 12.1 Å². The van der Waals surface area contributed by atoms with Crippen LogP contribution in [0.2, 0.25) is 10.0 Å². The van der Waals surface area contributed by atoms with Gasteiger partial charge in [0.2, 0.25) is 15.9 Å². The number of benzene rings is 2. The van der Waals surface area contributed by atoms with Crippen LogP contribution in [0.25, 0.3) is 0 Å². The first kappa shape index (κ1) is 23.6. The number of nitrogens with one attached hydrogen (secondary N) is 1. The normalized spacial score (nSPS) is 11.6. The number of ether oxygens (including phenoxy) is 1. The standard InChI is InChI=1S/C20H24Cl2N2O4S/c1-15-4-8-18(9-5-15)29(26,27)24(14-20(25)23-10-3-11-28-2)13-16-6-7-17(21)12-19(16)22/h4-9,12H,3,10-11,13-14H2,1-2H3,(H,23,25). The van der Waals surface area contributed by atoms with E-state index in [0.717, 1.165) is 9.87 Å². The lowest BCUT2D eigenvalue weighted by atomic mass is 10.2. The van der Waals surface area contributed by atoms with Crippen LogP contribution in [0.15, 0.2) is 47.4 Å². The molecule has 158 valence electrons. The molecule has 2 rings (SSSR count). The molecule has 0 aliphatic rings. The minimum absolute atomic E-state index is 0.0578. The Kier molecular flexibility index (Phi) is 8.92. The molecule has 9 heteroatoms. The van der Waals surface area contributed by atoms with Crippen molar-refractivity contribution in [3.8, 4) is 0 Å². The number of halogens is 2. The first-order valence-electron chi connectivity index (χ1n) is 9.00. The third-order valence-electron chi connectivity index (χ3n) is 4.19. The van der Waals surface area contributed by atoms with Crippen molar-refractivity contribution in [3.63, 3.8) is 0 Å². The van der Waals surface area contributed by atoms with Gasteiger partial charge in [0.05, 0.1) is 11.4 Å². The Morgan fingerprint density at radius 3 is 2.45 bits per heavy atom. The summed E-state index contributed by atoms with van der Waals surface area (Å²) in [5, 5.41) is 3.49. The van der Waals surface area contributed by atoms with Crippen molar-refractivity contribution in [1.82, 2.24) is 9.62 Å². The topological polar surface area (TPSA) is 75.7 Å². The quantitative estimate of drug-likeness (QED) is 0.551. The second-order valence-corrected chi connectivity index (χ2v) is 9.30. The van der Waals surface area contributed by atoms with Crippen LogP contribution in [-0.4, -0.2) is 45.4 Å². The predicted molar refractivity (Wildman–Crippen MR) is 115 cm³/mol. The summed E-state index contributed by atoms with van der Waals surface area (Å²) < 4.78 is 32.4. The second kappa shape index (κ2) is 10.9. The third-order valence-corrected chi connectivity index (χ3v) is 6.58. The van der Waals surface area contributed by atoms with Gasteiger partial charge in [-0.1, -0.05) is 47.0 Å². The van der Waals surface area contributed by atoms with Crippen LogP contribution in [0.3, 0.4) is 0 Å². The third kappa shape index (κ3) is 6.97. The number of nitrogens with zero attached hydrogens (tertiary/aromatic N) is 1. The van der Waals surface area contributed by atoms with E-state index in [1.54, 1.807) is 37.4 Å². The first-order chi connectivity index (χ1) is 13.7. The van der Waals surface area contributed by atoms with Crippen molar-refractivity contribution in [2.75, 3.05) is 26.8 Å².